The van der Waals surface area contributed by atoms with E-state index in [4.69, 9.17) is 0 Å². The fraction of sp³-hybridized carbons (Fsp3) is 1.00. The van der Waals surface area contributed by atoms with Gasteiger partial charge in [0.15, 0.2) is 0 Å². The summed E-state index contributed by atoms with van der Waals surface area (Å²) >= 11 is 0. The summed E-state index contributed by atoms with van der Waals surface area (Å²) in [6.45, 7) is 3.09. The van der Waals surface area contributed by atoms with E-state index in [0.29, 0.717) is 6.42 Å². The first-order valence-corrected chi connectivity index (χ1v) is 4.11. The molecule has 0 aliphatic heterocycles. The van der Waals surface area contributed by atoms with Crippen LogP contribution in [0.3, 0.4) is 0 Å². The van der Waals surface area contributed by atoms with Gasteiger partial charge in [-0.3, -0.25) is 0 Å². The molecular weight excluding hydrogens is 183 g/mol. The Kier molecular flexibility index (Phi) is 6.15. The van der Waals surface area contributed by atoms with E-state index in [2.05, 4.69) is 0 Å². The molecule has 0 aliphatic carbocycles. The molecule has 0 saturated carbocycles. The molecule has 3 nitrogen and oxygen atoms in total. The third-order valence-electron chi connectivity index (χ3n) is 1.13. The van der Waals surface area contributed by atoms with E-state index >= 15 is 0 Å². The Bertz CT molecular complexity index is 110. The smallest absolute Gasteiger partial charge is 0.811 e. The molecule has 1 atom stereocenters. The van der Waals surface area contributed by atoms with Crippen LogP contribution in [-0.4, -0.2) is 5.66 Å². The van der Waals surface area contributed by atoms with Crippen molar-refractivity contribution in [3.63, 3.8) is 0 Å². The van der Waals surface area contributed by atoms with Gasteiger partial charge in [0.25, 0.3) is 0 Å². The topological polar surface area (TPSA) is 63.2 Å². The van der Waals surface area contributed by atoms with Gasteiger partial charge in [-0.25, -0.2) is 0 Å². The summed E-state index contributed by atoms with van der Waals surface area (Å²) in [6.07, 6.45) is 0.407. The van der Waals surface area contributed by atoms with Crippen LogP contribution in [0.2, 0.25) is 0 Å². The van der Waals surface area contributed by atoms with Crippen molar-refractivity contribution >= 4 is 7.60 Å². The maximum atomic E-state index is 10.0. The molecule has 9 heavy (non-hydrogen) atoms. The Balaban J connectivity index is 0. The Morgan fingerprint density at radius 1 is 1.56 bits per heavy atom. The Morgan fingerprint density at radius 3 is 1.89 bits per heavy atom. The SMILES string of the molecule is CCC(C)P(=O)([O-])[O-].[Fe+2]. The second-order valence-electron chi connectivity index (χ2n) is 1.80. The van der Waals surface area contributed by atoms with E-state index < -0.39 is 13.3 Å². The summed E-state index contributed by atoms with van der Waals surface area (Å²) < 4.78 is 10.0. The van der Waals surface area contributed by atoms with Gasteiger partial charge in [0.1, 0.15) is 0 Å². The minimum atomic E-state index is -4.26. The van der Waals surface area contributed by atoms with Crippen LogP contribution in [0, 0.1) is 0 Å². The second kappa shape index (κ2) is 4.48. The molecule has 0 saturated heterocycles. The summed E-state index contributed by atoms with van der Waals surface area (Å²) in [5.74, 6) is 0. The predicted octanol–water partition coefficient (Wildman–Crippen LogP) is -0.304. The maximum absolute atomic E-state index is 10.0. The fourth-order valence-corrected chi connectivity index (χ4v) is 0.671. The van der Waals surface area contributed by atoms with Gasteiger partial charge in [-0.2, -0.15) is 0 Å². The van der Waals surface area contributed by atoms with E-state index in [1.165, 1.54) is 6.92 Å². The van der Waals surface area contributed by atoms with Gasteiger partial charge in [0.2, 0.25) is 0 Å². The molecule has 0 radical (unpaired) electrons. The summed E-state index contributed by atoms with van der Waals surface area (Å²) in [6, 6.07) is 0. The van der Waals surface area contributed by atoms with Crippen molar-refractivity contribution in [2.45, 2.75) is 25.9 Å². The van der Waals surface area contributed by atoms with Crippen molar-refractivity contribution in [3.05, 3.63) is 0 Å². The van der Waals surface area contributed by atoms with Gasteiger partial charge in [-0.1, -0.05) is 21.4 Å². The van der Waals surface area contributed by atoms with Crippen LogP contribution in [0.5, 0.6) is 0 Å². The number of hydrogen-bond donors (Lipinski definition) is 0. The van der Waals surface area contributed by atoms with Gasteiger partial charge in [-0.05, 0) is 12.1 Å². The fourth-order valence-electron chi connectivity index (χ4n) is 0.224. The van der Waals surface area contributed by atoms with Crippen LogP contribution < -0.4 is 9.79 Å². The number of hydrogen-bond acceptors (Lipinski definition) is 3. The first kappa shape index (κ1) is 12.4. The van der Waals surface area contributed by atoms with Crippen molar-refractivity contribution in [1.29, 1.82) is 0 Å². The van der Waals surface area contributed by atoms with Gasteiger partial charge >= 0.3 is 17.1 Å². The third kappa shape index (κ3) is 5.13. The van der Waals surface area contributed by atoms with Crippen molar-refractivity contribution in [3.8, 4) is 0 Å². The molecule has 0 aliphatic rings. The van der Waals surface area contributed by atoms with Gasteiger partial charge < -0.3 is 14.4 Å². The van der Waals surface area contributed by atoms with Crippen molar-refractivity contribution < 1.29 is 31.4 Å². The van der Waals surface area contributed by atoms with Crippen LogP contribution in [0.15, 0.2) is 0 Å². The molecule has 0 rings (SSSR count). The minimum Gasteiger partial charge on any atom is -0.811 e. The van der Waals surface area contributed by atoms with Gasteiger partial charge in [-0.15, -0.1) is 0 Å². The van der Waals surface area contributed by atoms with Crippen molar-refractivity contribution in [2.24, 2.45) is 0 Å². The standard InChI is InChI=1S/C4H11O3P.Fe/c1-3-4(2)8(5,6)7;/h4H,3H2,1-2H3,(H2,5,6,7);/q;+2/p-2. The summed E-state index contributed by atoms with van der Waals surface area (Å²) in [5.41, 5.74) is -0.706. The van der Waals surface area contributed by atoms with Gasteiger partial charge in [0, 0.05) is 0 Å². The molecular formula is C4H9FeO3P. The quantitative estimate of drug-likeness (QED) is 0.445. The van der Waals surface area contributed by atoms with E-state index in [1.54, 1.807) is 6.92 Å². The first-order valence-electron chi connectivity index (χ1n) is 2.50. The Morgan fingerprint density at radius 2 is 1.89 bits per heavy atom. The molecule has 0 aromatic heterocycles. The van der Waals surface area contributed by atoms with Crippen LogP contribution in [0.25, 0.3) is 0 Å². The first-order chi connectivity index (χ1) is 3.48. The monoisotopic (exact) mass is 192 g/mol. The largest absolute Gasteiger partial charge is 2.00 e. The van der Waals surface area contributed by atoms with Crippen LogP contribution in [0.4, 0.5) is 0 Å². The van der Waals surface area contributed by atoms with Crippen molar-refractivity contribution in [2.75, 3.05) is 0 Å². The molecule has 0 fully saturated rings. The molecule has 0 bridgehead atoms. The zero-order chi connectivity index (χ0) is 6.78. The normalized spacial score (nSPS) is 14.2. The van der Waals surface area contributed by atoms with Gasteiger partial charge in [0.05, 0.1) is 0 Å². The summed E-state index contributed by atoms with van der Waals surface area (Å²) in [5, 5.41) is 0. The molecule has 0 aromatic carbocycles. The summed E-state index contributed by atoms with van der Waals surface area (Å²) in [7, 11) is -4.26. The zero-order valence-electron chi connectivity index (χ0n) is 5.31. The average Bonchev–Trinajstić information content (AvgIpc) is 1.62. The van der Waals surface area contributed by atoms with E-state index in [1.807, 2.05) is 0 Å². The predicted molar refractivity (Wildman–Crippen MR) is 27.4 cm³/mol. The van der Waals surface area contributed by atoms with E-state index in [0.717, 1.165) is 0 Å². The van der Waals surface area contributed by atoms with Crippen LogP contribution >= 0.6 is 7.60 Å². The zero-order valence-corrected chi connectivity index (χ0v) is 7.31. The van der Waals surface area contributed by atoms with Crippen molar-refractivity contribution in [1.82, 2.24) is 0 Å². The average molecular weight is 192 g/mol. The molecule has 5 heteroatoms. The van der Waals surface area contributed by atoms with Crippen LogP contribution in [-0.2, 0) is 21.6 Å². The molecule has 0 heterocycles. The molecule has 0 aromatic rings. The molecule has 0 N–H and O–H groups in total. The summed E-state index contributed by atoms with van der Waals surface area (Å²) in [4.78, 5) is 20.1. The van der Waals surface area contributed by atoms with E-state index in [-0.39, 0.29) is 17.1 Å². The maximum Gasteiger partial charge on any atom is 2.00 e. The van der Waals surface area contributed by atoms with E-state index in [9.17, 15) is 14.4 Å². The number of rotatable bonds is 2. The Hall–Kier alpha value is 0.669. The molecule has 0 spiro atoms. The molecule has 56 valence electrons. The third-order valence-corrected chi connectivity index (χ3v) is 2.58. The second-order valence-corrected chi connectivity index (χ2v) is 3.76. The van der Waals surface area contributed by atoms with Crippen LogP contribution in [0.1, 0.15) is 20.3 Å². The molecule has 1 unspecified atom stereocenters. The molecule has 0 amide bonds. The Labute approximate surface area is 65.5 Å². The minimum absolute atomic E-state index is 0.